The van der Waals surface area contributed by atoms with E-state index < -0.39 is 0 Å². The molecule has 0 aliphatic carbocycles. The number of hydrogen-bond acceptors (Lipinski definition) is 4. The largest absolute Gasteiger partial charge is 0.456 e. The van der Waals surface area contributed by atoms with Crippen LogP contribution < -0.4 is 4.90 Å². The van der Waals surface area contributed by atoms with Crippen LogP contribution in [0, 0.1) is 0 Å². The Morgan fingerprint density at radius 1 is 0.286 bits per heavy atom. The summed E-state index contributed by atoms with van der Waals surface area (Å²) in [6.45, 7) is 0. The second-order valence-corrected chi connectivity index (χ2v) is 14.4. The van der Waals surface area contributed by atoms with Gasteiger partial charge in [-0.3, -0.25) is 0 Å². The topological polar surface area (TPSA) is 42.7 Å². The Bertz CT molecular complexity index is 3480. The molecule has 3 aromatic heterocycles. The summed E-state index contributed by atoms with van der Waals surface area (Å²) in [6.07, 6.45) is 0. The molecule has 0 radical (unpaired) electrons. The summed E-state index contributed by atoms with van der Waals surface area (Å²) in [5.41, 5.74) is 12.9. The van der Waals surface area contributed by atoms with Gasteiger partial charge in [-0.15, -0.1) is 0 Å². The van der Waals surface area contributed by atoms with E-state index in [1.807, 2.05) is 24.3 Å². The van der Waals surface area contributed by atoms with Crippen LogP contribution in [0.3, 0.4) is 0 Å². The van der Waals surface area contributed by atoms with Crippen molar-refractivity contribution in [3.8, 4) is 22.3 Å². The molecule has 12 rings (SSSR count). The summed E-state index contributed by atoms with van der Waals surface area (Å²) >= 11 is 0. The fourth-order valence-electron chi connectivity index (χ4n) is 8.62. The van der Waals surface area contributed by atoms with Crippen molar-refractivity contribution in [2.45, 2.75) is 0 Å². The number of hydrogen-bond donors (Lipinski definition) is 0. The van der Waals surface area contributed by atoms with Gasteiger partial charge in [0.1, 0.15) is 27.9 Å². The maximum atomic E-state index is 6.63. The SMILES string of the molecule is c1ccc(N(c2ccc(-c3cc4c5cc(-c6ccc7c(c6)oc6ccccc67)ccc5oc4c4ccccc34)cc2)c2cccc3c2oc2ccccc23)cc1. The number of fused-ring (bicyclic) bond motifs is 11. The van der Waals surface area contributed by atoms with Crippen molar-refractivity contribution < 1.29 is 13.3 Å². The van der Waals surface area contributed by atoms with Crippen molar-refractivity contribution in [1.29, 1.82) is 0 Å². The van der Waals surface area contributed by atoms with Crippen LogP contribution in [0.5, 0.6) is 0 Å². The van der Waals surface area contributed by atoms with E-state index in [0.29, 0.717) is 0 Å². The second-order valence-electron chi connectivity index (χ2n) is 14.4. The van der Waals surface area contributed by atoms with Gasteiger partial charge < -0.3 is 18.2 Å². The number of furan rings is 3. The molecule has 0 N–H and O–H groups in total. The Morgan fingerprint density at radius 2 is 0.839 bits per heavy atom. The molecule has 9 aromatic carbocycles. The highest BCUT2D eigenvalue weighted by atomic mass is 16.3. The lowest BCUT2D eigenvalue weighted by molar-refractivity contribution is 0.668. The molecule has 0 amide bonds. The van der Waals surface area contributed by atoms with Crippen molar-refractivity contribution in [2.24, 2.45) is 0 Å². The Hall–Kier alpha value is -7.56. The molecule has 0 saturated carbocycles. The highest BCUT2D eigenvalue weighted by Gasteiger charge is 2.20. The van der Waals surface area contributed by atoms with Gasteiger partial charge in [0.15, 0.2) is 5.58 Å². The van der Waals surface area contributed by atoms with Gasteiger partial charge in [0.05, 0.1) is 5.69 Å². The lowest BCUT2D eigenvalue weighted by atomic mass is 9.94. The van der Waals surface area contributed by atoms with Crippen LogP contribution in [0.25, 0.3) is 98.8 Å². The smallest absolute Gasteiger partial charge is 0.159 e. The van der Waals surface area contributed by atoms with Crippen molar-refractivity contribution in [1.82, 2.24) is 0 Å². The normalized spacial score (nSPS) is 11.9. The van der Waals surface area contributed by atoms with Gasteiger partial charge >= 0.3 is 0 Å². The zero-order valence-electron chi connectivity index (χ0n) is 30.1. The minimum Gasteiger partial charge on any atom is -0.456 e. The molecule has 56 heavy (non-hydrogen) atoms. The van der Waals surface area contributed by atoms with Crippen LogP contribution in [0.2, 0.25) is 0 Å². The predicted molar refractivity (Wildman–Crippen MR) is 231 cm³/mol. The molecule has 0 atom stereocenters. The zero-order chi connectivity index (χ0) is 36.7. The molecule has 0 bridgehead atoms. The Balaban J connectivity index is 0.997. The first kappa shape index (κ1) is 30.9. The van der Waals surface area contributed by atoms with Gasteiger partial charge in [0, 0.05) is 49.1 Å². The molecule has 0 spiro atoms. The first-order chi connectivity index (χ1) is 27.7. The molecular formula is C52H31NO3. The van der Waals surface area contributed by atoms with Gasteiger partial charge in [0.25, 0.3) is 0 Å². The third-order valence-electron chi connectivity index (χ3n) is 11.3. The first-order valence-electron chi connectivity index (χ1n) is 18.9. The van der Waals surface area contributed by atoms with E-state index in [0.717, 1.165) is 116 Å². The second kappa shape index (κ2) is 12.0. The molecular weight excluding hydrogens is 687 g/mol. The van der Waals surface area contributed by atoms with Gasteiger partial charge in [-0.2, -0.15) is 0 Å². The van der Waals surface area contributed by atoms with E-state index in [9.17, 15) is 0 Å². The summed E-state index contributed by atoms with van der Waals surface area (Å²) in [7, 11) is 0. The average molecular weight is 718 g/mol. The van der Waals surface area contributed by atoms with E-state index in [2.05, 4.69) is 169 Å². The van der Waals surface area contributed by atoms with Crippen LogP contribution >= 0.6 is 0 Å². The standard InChI is InChI=1S/C52H31NO3/c1-2-11-35(12-3-1)53(46-18-10-17-42-39-15-7-9-20-48(39)56-52(42)46)36-25-21-32(22-26-36)43-31-45-44-29-33(24-28-49(44)55-51(45)41-16-5-4-13-37(41)43)34-23-27-40-38-14-6-8-19-47(38)54-50(40)30-34/h1-31H. The minimum atomic E-state index is 0.863. The van der Waals surface area contributed by atoms with Crippen molar-refractivity contribution in [2.75, 3.05) is 4.90 Å². The molecule has 4 nitrogen and oxygen atoms in total. The summed E-state index contributed by atoms with van der Waals surface area (Å²) in [6, 6.07) is 66.1. The van der Waals surface area contributed by atoms with E-state index >= 15 is 0 Å². The number of para-hydroxylation sites is 4. The fourth-order valence-corrected chi connectivity index (χ4v) is 8.62. The quantitative estimate of drug-likeness (QED) is 0.178. The number of rotatable bonds is 5. The Labute approximate surface area is 321 Å². The molecule has 0 aliphatic rings. The zero-order valence-corrected chi connectivity index (χ0v) is 30.1. The summed E-state index contributed by atoms with van der Waals surface area (Å²) in [5, 5.41) is 8.88. The minimum absolute atomic E-state index is 0.863. The molecule has 4 heteroatoms. The fraction of sp³-hybridized carbons (Fsp3) is 0. The molecule has 12 aromatic rings. The predicted octanol–water partition coefficient (Wildman–Crippen LogP) is 15.3. The van der Waals surface area contributed by atoms with Gasteiger partial charge in [0.2, 0.25) is 0 Å². The van der Waals surface area contributed by atoms with Crippen LogP contribution in [-0.4, -0.2) is 0 Å². The average Bonchev–Trinajstić information content (AvgIpc) is 3.95. The van der Waals surface area contributed by atoms with Crippen molar-refractivity contribution in [3.63, 3.8) is 0 Å². The highest BCUT2D eigenvalue weighted by molar-refractivity contribution is 6.20. The number of nitrogens with zero attached hydrogens (tertiary/aromatic N) is 1. The maximum absolute atomic E-state index is 6.63. The first-order valence-corrected chi connectivity index (χ1v) is 18.9. The van der Waals surface area contributed by atoms with Crippen LogP contribution in [0.15, 0.2) is 201 Å². The van der Waals surface area contributed by atoms with E-state index in [4.69, 9.17) is 13.3 Å². The van der Waals surface area contributed by atoms with Crippen LogP contribution in [-0.2, 0) is 0 Å². The van der Waals surface area contributed by atoms with E-state index in [1.165, 1.54) is 0 Å². The van der Waals surface area contributed by atoms with E-state index in [-0.39, 0.29) is 0 Å². The summed E-state index contributed by atoms with van der Waals surface area (Å²) < 4.78 is 19.4. The third-order valence-corrected chi connectivity index (χ3v) is 11.3. The Morgan fingerprint density at radius 3 is 1.66 bits per heavy atom. The van der Waals surface area contributed by atoms with E-state index in [1.54, 1.807) is 0 Å². The lowest BCUT2D eigenvalue weighted by Gasteiger charge is -2.25. The van der Waals surface area contributed by atoms with Gasteiger partial charge in [-0.05, 0) is 100 Å². The van der Waals surface area contributed by atoms with Crippen LogP contribution in [0.4, 0.5) is 17.1 Å². The molecule has 262 valence electrons. The molecule has 0 aliphatic heterocycles. The monoisotopic (exact) mass is 717 g/mol. The van der Waals surface area contributed by atoms with Gasteiger partial charge in [-0.25, -0.2) is 0 Å². The van der Waals surface area contributed by atoms with Crippen molar-refractivity contribution in [3.05, 3.63) is 188 Å². The number of anilines is 3. The highest BCUT2D eigenvalue weighted by Crippen LogP contribution is 2.45. The van der Waals surface area contributed by atoms with Crippen molar-refractivity contribution >= 4 is 93.7 Å². The summed E-state index contributed by atoms with van der Waals surface area (Å²) in [4.78, 5) is 2.28. The summed E-state index contributed by atoms with van der Waals surface area (Å²) in [5.74, 6) is 0. The van der Waals surface area contributed by atoms with Gasteiger partial charge in [-0.1, -0.05) is 115 Å². The third kappa shape index (κ3) is 4.66. The number of benzene rings is 9. The molecule has 3 heterocycles. The lowest BCUT2D eigenvalue weighted by Crippen LogP contribution is -2.10. The molecule has 0 fully saturated rings. The molecule has 0 saturated heterocycles. The molecule has 0 unspecified atom stereocenters. The van der Waals surface area contributed by atoms with Crippen LogP contribution in [0.1, 0.15) is 0 Å². The maximum Gasteiger partial charge on any atom is 0.159 e. The Kier molecular flexibility index (Phi) is 6.60.